The van der Waals surface area contributed by atoms with Crippen molar-refractivity contribution in [3.8, 4) is 0 Å². The van der Waals surface area contributed by atoms with Gasteiger partial charge in [-0.3, -0.25) is 9.69 Å². The molecule has 29 heavy (non-hydrogen) atoms. The van der Waals surface area contributed by atoms with Gasteiger partial charge in [-0.25, -0.2) is 4.79 Å². The number of aryl methyl sites for hydroxylation is 1. The molecule has 1 N–H and O–H groups in total. The summed E-state index contributed by atoms with van der Waals surface area (Å²) in [7, 11) is 0. The highest BCUT2D eigenvalue weighted by atomic mass is 32.2. The minimum absolute atomic E-state index is 0.253. The Morgan fingerprint density at radius 2 is 1.59 bits per heavy atom. The standard InChI is InChI=1S/C24H20N2O2S/c1-17-11-13-18(14-12-17)16-26-23(27)21(25-24(26)28)15-19-7-5-6-10-22(19)29-20-8-3-2-4-9-20/h2-15H,16H2,1H3,(H,25,28)/b21-15-. The van der Waals surface area contributed by atoms with Crippen LogP contribution in [0.25, 0.3) is 6.08 Å². The second-order valence-corrected chi connectivity index (χ2v) is 7.93. The van der Waals surface area contributed by atoms with Crippen LogP contribution in [-0.2, 0) is 11.3 Å². The molecule has 1 heterocycles. The zero-order valence-electron chi connectivity index (χ0n) is 16.0. The number of rotatable bonds is 5. The summed E-state index contributed by atoms with van der Waals surface area (Å²) in [6.07, 6.45) is 1.75. The topological polar surface area (TPSA) is 49.4 Å². The first-order valence-corrected chi connectivity index (χ1v) is 10.1. The number of hydrogen-bond acceptors (Lipinski definition) is 3. The fourth-order valence-electron chi connectivity index (χ4n) is 3.05. The van der Waals surface area contributed by atoms with Crippen LogP contribution in [-0.4, -0.2) is 16.8 Å². The van der Waals surface area contributed by atoms with Crippen LogP contribution in [0.1, 0.15) is 16.7 Å². The minimum atomic E-state index is -0.394. The molecule has 5 heteroatoms. The van der Waals surface area contributed by atoms with Crippen molar-refractivity contribution in [3.05, 3.63) is 101 Å². The molecule has 0 saturated carbocycles. The molecule has 1 saturated heterocycles. The second-order valence-electron chi connectivity index (χ2n) is 6.82. The number of urea groups is 1. The van der Waals surface area contributed by atoms with Crippen LogP contribution in [0.15, 0.2) is 94.4 Å². The highest BCUT2D eigenvalue weighted by Gasteiger charge is 2.33. The van der Waals surface area contributed by atoms with Crippen LogP contribution in [0.3, 0.4) is 0 Å². The summed E-state index contributed by atoms with van der Waals surface area (Å²) < 4.78 is 0. The maximum absolute atomic E-state index is 12.8. The predicted octanol–water partition coefficient (Wildman–Crippen LogP) is 5.24. The molecule has 4 nitrogen and oxygen atoms in total. The van der Waals surface area contributed by atoms with E-state index in [2.05, 4.69) is 5.32 Å². The molecule has 1 fully saturated rings. The van der Waals surface area contributed by atoms with Gasteiger partial charge in [-0.2, -0.15) is 0 Å². The summed E-state index contributed by atoms with van der Waals surface area (Å²) in [5.74, 6) is -0.310. The second kappa shape index (κ2) is 8.37. The third kappa shape index (κ3) is 4.41. The number of nitrogens with one attached hydrogen (secondary N) is 1. The molecule has 0 radical (unpaired) electrons. The quantitative estimate of drug-likeness (QED) is 0.471. The summed E-state index contributed by atoms with van der Waals surface area (Å²) >= 11 is 1.62. The molecular weight excluding hydrogens is 380 g/mol. The van der Waals surface area contributed by atoms with Crippen LogP contribution in [0.2, 0.25) is 0 Å². The molecule has 0 unspecified atom stereocenters. The van der Waals surface area contributed by atoms with Crippen molar-refractivity contribution in [2.24, 2.45) is 0 Å². The molecule has 0 aromatic heterocycles. The Kier molecular flexibility index (Phi) is 5.49. The van der Waals surface area contributed by atoms with E-state index in [1.807, 2.05) is 85.8 Å². The molecular formula is C24H20N2O2S. The lowest BCUT2D eigenvalue weighted by Gasteiger charge is -2.12. The van der Waals surface area contributed by atoms with Crippen LogP contribution in [0.4, 0.5) is 4.79 Å². The molecule has 3 amide bonds. The minimum Gasteiger partial charge on any atom is -0.303 e. The fraction of sp³-hybridized carbons (Fsp3) is 0.0833. The summed E-state index contributed by atoms with van der Waals surface area (Å²) in [6.45, 7) is 2.26. The number of benzene rings is 3. The number of carbonyl (C=O) groups excluding carboxylic acids is 2. The molecule has 0 spiro atoms. The maximum Gasteiger partial charge on any atom is 0.329 e. The zero-order valence-corrected chi connectivity index (χ0v) is 16.8. The number of nitrogens with zero attached hydrogens (tertiary/aromatic N) is 1. The highest BCUT2D eigenvalue weighted by molar-refractivity contribution is 7.99. The summed E-state index contributed by atoms with van der Waals surface area (Å²) in [6, 6.07) is 25.3. The average Bonchev–Trinajstić information content (AvgIpc) is 2.99. The molecule has 1 aliphatic heterocycles. The van der Waals surface area contributed by atoms with E-state index in [0.29, 0.717) is 5.70 Å². The Morgan fingerprint density at radius 3 is 2.34 bits per heavy atom. The number of imide groups is 1. The van der Waals surface area contributed by atoms with E-state index >= 15 is 0 Å². The Morgan fingerprint density at radius 1 is 0.897 bits per heavy atom. The van der Waals surface area contributed by atoms with Crippen LogP contribution in [0.5, 0.6) is 0 Å². The highest BCUT2D eigenvalue weighted by Crippen LogP contribution is 2.31. The van der Waals surface area contributed by atoms with E-state index < -0.39 is 6.03 Å². The van der Waals surface area contributed by atoms with Crippen molar-refractivity contribution in [1.82, 2.24) is 10.2 Å². The van der Waals surface area contributed by atoms with E-state index in [9.17, 15) is 9.59 Å². The van der Waals surface area contributed by atoms with Gasteiger partial charge in [-0.05, 0) is 42.3 Å². The fourth-order valence-corrected chi connectivity index (χ4v) is 3.99. The lowest BCUT2D eigenvalue weighted by atomic mass is 10.1. The van der Waals surface area contributed by atoms with Gasteiger partial charge >= 0.3 is 6.03 Å². The number of hydrogen-bond donors (Lipinski definition) is 1. The van der Waals surface area contributed by atoms with Crippen LogP contribution in [0, 0.1) is 6.92 Å². The lowest BCUT2D eigenvalue weighted by Crippen LogP contribution is -2.30. The van der Waals surface area contributed by atoms with Gasteiger partial charge in [0.15, 0.2) is 0 Å². The Balaban J connectivity index is 1.57. The zero-order chi connectivity index (χ0) is 20.2. The Bertz CT molecular complexity index is 1080. The van der Waals surface area contributed by atoms with Crippen molar-refractivity contribution >= 4 is 29.8 Å². The van der Waals surface area contributed by atoms with Gasteiger partial charge in [-0.1, -0.05) is 78.0 Å². The summed E-state index contributed by atoms with van der Waals surface area (Å²) in [4.78, 5) is 28.6. The van der Waals surface area contributed by atoms with Gasteiger partial charge in [0.25, 0.3) is 5.91 Å². The lowest BCUT2D eigenvalue weighted by molar-refractivity contribution is -0.123. The summed E-state index contributed by atoms with van der Waals surface area (Å²) in [5.41, 5.74) is 3.24. The first-order valence-electron chi connectivity index (χ1n) is 9.32. The SMILES string of the molecule is Cc1ccc(CN2C(=O)N/C(=C\c3ccccc3Sc3ccccc3)C2=O)cc1. The predicted molar refractivity (Wildman–Crippen MR) is 115 cm³/mol. The third-order valence-electron chi connectivity index (χ3n) is 4.61. The van der Waals surface area contributed by atoms with E-state index in [0.717, 1.165) is 26.5 Å². The van der Waals surface area contributed by atoms with Crippen molar-refractivity contribution in [3.63, 3.8) is 0 Å². The maximum atomic E-state index is 12.8. The van der Waals surface area contributed by atoms with Crippen molar-refractivity contribution < 1.29 is 9.59 Å². The third-order valence-corrected chi connectivity index (χ3v) is 5.71. The van der Waals surface area contributed by atoms with Gasteiger partial charge in [0.2, 0.25) is 0 Å². The van der Waals surface area contributed by atoms with Crippen LogP contribution < -0.4 is 5.32 Å². The van der Waals surface area contributed by atoms with Crippen molar-refractivity contribution in [1.29, 1.82) is 0 Å². The molecule has 3 aromatic rings. The molecule has 1 aliphatic rings. The summed E-state index contributed by atoms with van der Waals surface area (Å²) in [5, 5.41) is 2.71. The van der Waals surface area contributed by atoms with E-state index in [-0.39, 0.29) is 12.5 Å². The molecule has 3 aromatic carbocycles. The molecule has 4 rings (SSSR count). The van der Waals surface area contributed by atoms with E-state index in [1.54, 1.807) is 17.8 Å². The van der Waals surface area contributed by atoms with Gasteiger partial charge in [-0.15, -0.1) is 0 Å². The molecule has 0 atom stereocenters. The number of amides is 3. The van der Waals surface area contributed by atoms with Crippen molar-refractivity contribution in [2.75, 3.05) is 0 Å². The van der Waals surface area contributed by atoms with E-state index in [1.165, 1.54) is 4.90 Å². The first-order chi connectivity index (χ1) is 14.1. The number of carbonyl (C=O) groups is 2. The largest absolute Gasteiger partial charge is 0.329 e. The van der Waals surface area contributed by atoms with Crippen molar-refractivity contribution in [2.45, 2.75) is 23.3 Å². The monoisotopic (exact) mass is 400 g/mol. The van der Waals surface area contributed by atoms with Gasteiger partial charge in [0.05, 0.1) is 6.54 Å². The molecule has 144 valence electrons. The van der Waals surface area contributed by atoms with Gasteiger partial charge < -0.3 is 5.32 Å². The first kappa shape index (κ1) is 19.0. The normalized spacial score (nSPS) is 15.1. The molecule has 0 bridgehead atoms. The Labute approximate surface area is 174 Å². The van der Waals surface area contributed by atoms with E-state index in [4.69, 9.17) is 0 Å². The Hall–Kier alpha value is -3.31. The van der Waals surface area contributed by atoms with Gasteiger partial charge in [0, 0.05) is 9.79 Å². The average molecular weight is 401 g/mol. The van der Waals surface area contributed by atoms with Gasteiger partial charge in [0.1, 0.15) is 5.70 Å². The smallest absolute Gasteiger partial charge is 0.303 e. The van der Waals surface area contributed by atoms with Crippen LogP contribution >= 0.6 is 11.8 Å². The molecule has 0 aliphatic carbocycles.